The van der Waals surface area contributed by atoms with Crippen molar-refractivity contribution in [2.75, 3.05) is 0 Å². The van der Waals surface area contributed by atoms with Gasteiger partial charge in [0.05, 0.1) is 23.0 Å². The van der Waals surface area contributed by atoms with E-state index < -0.39 is 0 Å². The van der Waals surface area contributed by atoms with E-state index in [4.69, 9.17) is 17.4 Å². The number of nitrogens with one attached hydrogen (secondary N) is 1. The van der Waals surface area contributed by atoms with Gasteiger partial charge in [0.2, 0.25) is 0 Å². The summed E-state index contributed by atoms with van der Waals surface area (Å²) in [6.07, 6.45) is 6.27. The van der Waals surface area contributed by atoms with E-state index in [-0.39, 0.29) is 6.04 Å². The minimum absolute atomic E-state index is 0.0786. The highest BCUT2D eigenvalue weighted by atomic mass is 35.5. The Balaban J connectivity index is 2.95. The number of hydrogen-bond acceptors (Lipinski definition) is 3. The molecule has 0 amide bonds. The second-order valence-corrected chi connectivity index (χ2v) is 4.89. The first-order valence-electron chi connectivity index (χ1n) is 6.29. The largest absolute Gasteiger partial charge is 0.271 e. The number of aryl methyl sites for hydroxylation is 1. The third-order valence-corrected chi connectivity index (χ3v) is 3.49. The third-order valence-electron chi connectivity index (χ3n) is 3.20. The topological polar surface area (TPSA) is 55.9 Å². The van der Waals surface area contributed by atoms with Gasteiger partial charge >= 0.3 is 0 Å². The SMILES string of the molecule is CCCC(CCC)C(NN)c1c(Cl)cnn1C. The zero-order valence-corrected chi connectivity index (χ0v) is 11.7. The second-order valence-electron chi connectivity index (χ2n) is 4.48. The molecule has 3 N–H and O–H groups in total. The van der Waals surface area contributed by atoms with Crippen LogP contribution in [-0.4, -0.2) is 9.78 Å². The summed E-state index contributed by atoms with van der Waals surface area (Å²) in [7, 11) is 1.90. The minimum atomic E-state index is 0.0786. The molecule has 0 saturated carbocycles. The van der Waals surface area contributed by atoms with E-state index in [0.29, 0.717) is 10.9 Å². The average Bonchev–Trinajstić information content (AvgIpc) is 2.62. The molecule has 1 unspecified atom stereocenters. The molecule has 0 aliphatic carbocycles. The minimum Gasteiger partial charge on any atom is -0.271 e. The van der Waals surface area contributed by atoms with Crippen LogP contribution in [0.4, 0.5) is 0 Å². The third kappa shape index (κ3) is 3.44. The Bertz CT molecular complexity index is 312. The number of hydrogen-bond donors (Lipinski definition) is 2. The molecular weight excluding hydrogens is 236 g/mol. The fraction of sp³-hybridized carbons (Fsp3) is 0.750. The van der Waals surface area contributed by atoms with Crippen molar-refractivity contribution in [2.45, 2.75) is 45.6 Å². The summed E-state index contributed by atoms with van der Waals surface area (Å²) in [5, 5.41) is 4.86. The summed E-state index contributed by atoms with van der Waals surface area (Å²) >= 11 is 6.18. The van der Waals surface area contributed by atoms with Crippen molar-refractivity contribution in [3.63, 3.8) is 0 Å². The second kappa shape index (κ2) is 6.99. The molecule has 0 aromatic carbocycles. The van der Waals surface area contributed by atoms with Gasteiger partial charge in [0.25, 0.3) is 0 Å². The van der Waals surface area contributed by atoms with E-state index in [1.165, 1.54) is 0 Å². The molecule has 0 aliphatic heterocycles. The summed E-state index contributed by atoms with van der Waals surface area (Å²) in [4.78, 5) is 0. The van der Waals surface area contributed by atoms with E-state index in [2.05, 4.69) is 24.4 Å². The van der Waals surface area contributed by atoms with Gasteiger partial charge in [-0.25, -0.2) is 0 Å². The number of aromatic nitrogens is 2. The molecule has 0 aliphatic rings. The zero-order chi connectivity index (χ0) is 12.8. The molecule has 0 bridgehead atoms. The van der Waals surface area contributed by atoms with Crippen LogP contribution in [0.2, 0.25) is 5.02 Å². The number of halogens is 1. The maximum absolute atomic E-state index is 6.18. The maximum Gasteiger partial charge on any atom is 0.0834 e. The van der Waals surface area contributed by atoms with Gasteiger partial charge in [-0.2, -0.15) is 5.10 Å². The Morgan fingerprint density at radius 3 is 2.35 bits per heavy atom. The van der Waals surface area contributed by atoms with Crippen molar-refractivity contribution >= 4 is 11.6 Å². The smallest absolute Gasteiger partial charge is 0.0834 e. The van der Waals surface area contributed by atoms with Gasteiger partial charge < -0.3 is 0 Å². The number of nitrogens with zero attached hydrogens (tertiary/aromatic N) is 2. The quantitative estimate of drug-likeness (QED) is 0.584. The van der Waals surface area contributed by atoms with Crippen LogP contribution in [-0.2, 0) is 7.05 Å². The van der Waals surface area contributed by atoms with Crippen LogP contribution in [0.5, 0.6) is 0 Å². The van der Waals surface area contributed by atoms with Crippen LogP contribution in [0.25, 0.3) is 0 Å². The Kier molecular flexibility index (Phi) is 5.95. The van der Waals surface area contributed by atoms with Crippen molar-refractivity contribution < 1.29 is 0 Å². The molecule has 0 saturated heterocycles. The summed E-state index contributed by atoms with van der Waals surface area (Å²) in [5.41, 5.74) is 3.90. The first-order chi connectivity index (χ1) is 8.15. The normalized spacial score (nSPS) is 13.3. The highest BCUT2D eigenvalue weighted by Gasteiger charge is 2.25. The van der Waals surface area contributed by atoms with E-state index in [0.717, 1.165) is 31.4 Å². The molecular formula is C12H23ClN4. The first kappa shape index (κ1) is 14.5. The maximum atomic E-state index is 6.18. The van der Waals surface area contributed by atoms with Gasteiger partial charge in [0.1, 0.15) is 0 Å². The number of hydrazine groups is 1. The predicted molar refractivity (Wildman–Crippen MR) is 71.6 cm³/mol. The molecule has 1 heterocycles. The van der Waals surface area contributed by atoms with Gasteiger partial charge in [-0.1, -0.05) is 38.3 Å². The van der Waals surface area contributed by atoms with E-state index >= 15 is 0 Å². The molecule has 0 radical (unpaired) electrons. The summed E-state index contributed by atoms with van der Waals surface area (Å²) in [6.45, 7) is 4.39. The lowest BCUT2D eigenvalue weighted by Crippen LogP contribution is -2.35. The summed E-state index contributed by atoms with van der Waals surface area (Å²) in [6, 6.07) is 0.0786. The Hall–Kier alpha value is -0.580. The average molecular weight is 259 g/mol. The van der Waals surface area contributed by atoms with Gasteiger partial charge in [0, 0.05) is 7.05 Å². The van der Waals surface area contributed by atoms with Crippen molar-refractivity contribution in [1.82, 2.24) is 15.2 Å². The van der Waals surface area contributed by atoms with Crippen molar-refractivity contribution in [3.8, 4) is 0 Å². The van der Waals surface area contributed by atoms with Crippen LogP contribution < -0.4 is 11.3 Å². The van der Waals surface area contributed by atoms with Gasteiger partial charge in [-0.05, 0) is 18.8 Å². The Labute approximate surface area is 108 Å². The fourth-order valence-electron chi connectivity index (χ4n) is 2.43. The van der Waals surface area contributed by atoms with E-state index in [9.17, 15) is 0 Å². The standard InChI is InChI=1S/C12H23ClN4/c1-4-6-9(7-5-2)11(16-14)12-10(13)8-15-17(12)3/h8-9,11,16H,4-7,14H2,1-3H3. The van der Waals surface area contributed by atoms with Gasteiger partial charge in [-0.15, -0.1) is 0 Å². The molecule has 1 atom stereocenters. The van der Waals surface area contributed by atoms with Crippen molar-refractivity contribution in [3.05, 3.63) is 16.9 Å². The molecule has 17 heavy (non-hydrogen) atoms. The van der Waals surface area contributed by atoms with E-state index in [1.54, 1.807) is 6.20 Å². The monoisotopic (exact) mass is 258 g/mol. The van der Waals surface area contributed by atoms with E-state index in [1.807, 2.05) is 11.7 Å². The van der Waals surface area contributed by atoms with Crippen molar-refractivity contribution in [2.24, 2.45) is 18.8 Å². The number of nitrogens with two attached hydrogens (primary N) is 1. The molecule has 0 fully saturated rings. The highest BCUT2D eigenvalue weighted by molar-refractivity contribution is 6.31. The molecule has 98 valence electrons. The zero-order valence-electron chi connectivity index (χ0n) is 10.9. The van der Waals surface area contributed by atoms with Crippen LogP contribution in [0, 0.1) is 5.92 Å². The van der Waals surface area contributed by atoms with Crippen LogP contribution in [0.3, 0.4) is 0 Å². The molecule has 0 spiro atoms. The Morgan fingerprint density at radius 1 is 1.41 bits per heavy atom. The molecule has 1 rings (SSSR count). The van der Waals surface area contributed by atoms with Crippen LogP contribution >= 0.6 is 11.6 Å². The summed E-state index contributed by atoms with van der Waals surface area (Å²) < 4.78 is 1.81. The highest BCUT2D eigenvalue weighted by Crippen LogP contribution is 2.32. The lowest BCUT2D eigenvalue weighted by Gasteiger charge is -2.26. The van der Waals surface area contributed by atoms with Gasteiger partial charge in [-0.3, -0.25) is 16.0 Å². The Morgan fingerprint density at radius 2 is 2.00 bits per heavy atom. The lowest BCUT2D eigenvalue weighted by atomic mass is 9.89. The lowest BCUT2D eigenvalue weighted by molar-refractivity contribution is 0.307. The predicted octanol–water partition coefficient (Wildman–Crippen LogP) is 2.79. The van der Waals surface area contributed by atoms with Crippen molar-refractivity contribution in [1.29, 1.82) is 0 Å². The fourth-order valence-corrected chi connectivity index (χ4v) is 2.71. The summed E-state index contributed by atoms with van der Waals surface area (Å²) in [5.74, 6) is 6.22. The van der Waals surface area contributed by atoms with Crippen LogP contribution in [0.1, 0.15) is 51.3 Å². The molecule has 1 aromatic rings. The number of rotatable bonds is 7. The molecule has 4 nitrogen and oxygen atoms in total. The molecule has 1 aromatic heterocycles. The first-order valence-corrected chi connectivity index (χ1v) is 6.66. The van der Waals surface area contributed by atoms with Gasteiger partial charge in [0.15, 0.2) is 0 Å². The molecule has 5 heteroatoms. The van der Waals surface area contributed by atoms with Crippen LogP contribution in [0.15, 0.2) is 6.20 Å².